The molecule has 1 aromatic carbocycles. The molecular formula is C16H17N3O2. The molecule has 0 fully saturated rings. The van der Waals surface area contributed by atoms with Gasteiger partial charge in [0, 0.05) is 5.56 Å². The summed E-state index contributed by atoms with van der Waals surface area (Å²) in [5.41, 5.74) is 7.79. The van der Waals surface area contributed by atoms with Crippen LogP contribution in [0.5, 0.6) is 0 Å². The minimum Gasteiger partial charge on any atom is -0.438 e. The van der Waals surface area contributed by atoms with Crippen molar-refractivity contribution in [2.24, 2.45) is 5.73 Å². The maximum atomic E-state index is 12.0. The van der Waals surface area contributed by atoms with Gasteiger partial charge in [-0.15, -0.1) is 0 Å². The van der Waals surface area contributed by atoms with Gasteiger partial charge in [-0.1, -0.05) is 24.0 Å². The minimum absolute atomic E-state index is 0.140. The smallest absolute Gasteiger partial charge is 0.289 e. The molecule has 5 nitrogen and oxygen atoms in total. The van der Waals surface area contributed by atoms with Crippen molar-refractivity contribution >= 4 is 5.91 Å². The zero-order valence-electron chi connectivity index (χ0n) is 12.0. The number of carbonyl (C=O) groups excluding carboxylic acids is 1. The summed E-state index contributed by atoms with van der Waals surface area (Å²) in [5, 5.41) is 2.87. The molecule has 1 atom stereocenters. The highest BCUT2D eigenvalue weighted by Gasteiger charge is 2.16. The zero-order valence-corrected chi connectivity index (χ0v) is 12.0. The van der Waals surface area contributed by atoms with E-state index < -0.39 is 0 Å². The van der Waals surface area contributed by atoms with Crippen LogP contribution >= 0.6 is 0 Å². The largest absolute Gasteiger partial charge is 0.438 e. The van der Waals surface area contributed by atoms with Gasteiger partial charge >= 0.3 is 0 Å². The molecule has 2 rings (SSSR count). The van der Waals surface area contributed by atoms with Crippen LogP contribution in [0.3, 0.4) is 0 Å². The Hall–Kier alpha value is -2.58. The van der Waals surface area contributed by atoms with E-state index in [4.69, 9.17) is 10.2 Å². The van der Waals surface area contributed by atoms with Crippen LogP contribution in [0.2, 0.25) is 0 Å². The molecule has 108 valence electrons. The molecule has 0 radical (unpaired) electrons. The minimum atomic E-state index is -0.274. The van der Waals surface area contributed by atoms with Crippen LogP contribution in [0, 0.1) is 18.8 Å². The third-order valence-electron chi connectivity index (χ3n) is 3.04. The summed E-state index contributed by atoms with van der Waals surface area (Å²) < 4.78 is 5.07. The average Bonchev–Trinajstić information content (AvgIpc) is 2.91. The second-order valence-corrected chi connectivity index (χ2v) is 4.59. The topological polar surface area (TPSA) is 81.2 Å². The summed E-state index contributed by atoms with van der Waals surface area (Å²) in [7, 11) is 0. The molecule has 1 heterocycles. The van der Waals surface area contributed by atoms with Gasteiger partial charge in [0.1, 0.15) is 0 Å². The Morgan fingerprint density at radius 1 is 1.43 bits per heavy atom. The van der Waals surface area contributed by atoms with E-state index in [2.05, 4.69) is 22.1 Å². The van der Waals surface area contributed by atoms with Gasteiger partial charge in [0.15, 0.2) is 6.39 Å². The van der Waals surface area contributed by atoms with Gasteiger partial charge in [-0.2, -0.15) is 0 Å². The van der Waals surface area contributed by atoms with Crippen molar-refractivity contribution in [2.75, 3.05) is 6.54 Å². The molecule has 3 N–H and O–H groups in total. The van der Waals surface area contributed by atoms with Crippen molar-refractivity contribution in [3.8, 4) is 11.8 Å². The van der Waals surface area contributed by atoms with Crippen LogP contribution in [0.15, 0.2) is 35.1 Å². The number of rotatable bonds is 3. The van der Waals surface area contributed by atoms with Gasteiger partial charge in [-0.25, -0.2) is 4.98 Å². The van der Waals surface area contributed by atoms with Gasteiger partial charge < -0.3 is 15.5 Å². The Balaban J connectivity index is 2.05. The number of carbonyl (C=O) groups is 1. The lowest BCUT2D eigenvalue weighted by atomic mass is 10.1. The molecule has 0 bridgehead atoms. The lowest BCUT2D eigenvalue weighted by molar-refractivity contribution is 0.0911. The van der Waals surface area contributed by atoms with E-state index >= 15 is 0 Å². The number of amides is 1. The maximum absolute atomic E-state index is 12.0. The number of aryl methyl sites for hydroxylation is 1. The van der Waals surface area contributed by atoms with Crippen LogP contribution < -0.4 is 11.1 Å². The summed E-state index contributed by atoms with van der Waals surface area (Å²) in [5.74, 6) is 5.72. The van der Waals surface area contributed by atoms with E-state index in [0.29, 0.717) is 12.2 Å². The van der Waals surface area contributed by atoms with Crippen molar-refractivity contribution < 1.29 is 9.21 Å². The van der Waals surface area contributed by atoms with Crippen LogP contribution in [-0.2, 0) is 0 Å². The monoisotopic (exact) mass is 283 g/mol. The number of benzene rings is 1. The third-order valence-corrected chi connectivity index (χ3v) is 3.04. The van der Waals surface area contributed by atoms with Crippen LogP contribution in [0.4, 0.5) is 0 Å². The van der Waals surface area contributed by atoms with Gasteiger partial charge in [0.05, 0.1) is 18.3 Å². The molecule has 21 heavy (non-hydrogen) atoms. The van der Waals surface area contributed by atoms with Gasteiger partial charge in [-0.05, 0) is 31.5 Å². The number of nitrogens with two attached hydrogens (primary N) is 1. The lowest BCUT2D eigenvalue weighted by Gasteiger charge is -2.13. The van der Waals surface area contributed by atoms with E-state index in [9.17, 15) is 4.79 Å². The molecule has 2 aromatic rings. The van der Waals surface area contributed by atoms with Crippen molar-refractivity contribution in [3.05, 3.63) is 53.2 Å². The summed E-state index contributed by atoms with van der Waals surface area (Å²) in [6, 6.07) is 7.52. The van der Waals surface area contributed by atoms with E-state index in [-0.39, 0.29) is 17.7 Å². The summed E-state index contributed by atoms with van der Waals surface area (Å²) in [4.78, 5) is 15.9. The van der Waals surface area contributed by atoms with E-state index in [1.807, 2.05) is 31.2 Å². The van der Waals surface area contributed by atoms with Gasteiger partial charge in [0.2, 0.25) is 5.76 Å². The fraction of sp³-hybridized carbons (Fsp3) is 0.250. The SMILES string of the molecule is Cc1ncoc1C(=O)NC(C)c1ccc(C#CCN)cc1. The fourth-order valence-electron chi connectivity index (χ4n) is 1.87. The Morgan fingerprint density at radius 3 is 2.71 bits per heavy atom. The standard InChI is InChI=1S/C16H17N3O2/c1-11(19-16(20)15-12(2)18-10-21-15)14-7-5-13(6-8-14)4-3-9-17/h5-8,10-11H,9,17H2,1-2H3,(H,19,20). The highest BCUT2D eigenvalue weighted by atomic mass is 16.3. The molecule has 0 spiro atoms. The molecule has 1 aromatic heterocycles. The molecule has 1 amide bonds. The zero-order chi connectivity index (χ0) is 15.2. The highest BCUT2D eigenvalue weighted by Crippen LogP contribution is 2.14. The summed E-state index contributed by atoms with van der Waals surface area (Å²) in [6.45, 7) is 3.98. The molecule has 0 aliphatic rings. The Kier molecular flexibility index (Phi) is 4.75. The van der Waals surface area contributed by atoms with E-state index in [1.165, 1.54) is 6.39 Å². The van der Waals surface area contributed by atoms with Crippen LogP contribution in [0.1, 0.15) is 40.3 Å². The molecule has 0 saturated carbocycles. The number of nitrogens with one attached hydrogen (secondary N) is 1. The summed E-state index contributed by atoms with van der Waals surface area (Å²) >= 11 is 0. The van der Waals surface area contributed by atoms with Crippen molar-refractivity contribution in [3.63, 3.8) is 0 Å². The molecule has 0 aliphatic carbocycles. The predicted octanol–water partition coefficient (Wildman–Crippen LogP) is 1.78. The van der Waals surface area contributed by atoms with Crippen molar-refractivity contribution in [1.82, 2.24) is 10.3 Å². The number of aromatic nitrogens is 1. The van der Waals surface area contributed by atoms with Crippen LogP contribution in [-0.4, -0.2) is 17.4 Å². The van der Waals surface area contributed by atoms with Gasteiger partial charge in [0.25, 0.3) is 5.91 Å². The second kappa shape index (κ2) is 6.73. The lowest BCUT2D eigenvalue weighted by Crippen LogP contribution is -2.26. The first-order chi connectivity index (χ1) is 10.1. The maximum Gasteiger partial charge on any atom is 0.289 e. The van der Waals surface area contributed by atoms with E-state index in [0.717, 1.165) is 11.1 Å². The number of oxazole rings is 1. The quantitative estimate of drug-likeness (QED) is 0.841. The molecule has 0 aliphatic heterocycles. The fourth-order valence-corrected chi connectivity index (χ4v) is 1.87. The Bertz CT molecular complexity index is 678. The molecule has 1 unspecified atom stereocenters. The molecule has 0 saturated heterocycles. The number of hydrogen-bond acceptors (Lipinski definition) is 4. The van der Waals surface area contributed by atoms with Gasteiger partial charge in [-0.3, -0.25) is 4.79 Å². The second-order valence-electron chi connectivity index (χ2n) is 4.59. The van der Waals surface area contributed by atoms with Crippen LogP contribution in [0.25, 0.3) is 0 Å². The Labute approximate surface area is 123 Å². The Morgan fingerprint density at radius 2 is 2.14 bits per heavy atom. The third kappa shape index (κ3) is 3.71. The number of hydrogen-bond donors (Lipinski definition) is 2. The normalized spacial score (nSPS) is 11.4. The highest BCUT2D eigenvalue weighted by molar-refractivity contribution is 5.92. The average molecular weight is 283 g/mol. The first-order valence-electron chi connectivity index (χ1n) is 6.61. The first-order valence-corrected chi connectivity index (χ1v) is 6.61. The number of nitrogens with zero attached hydrogens (tertiary/aromatic N) is 1. The van der Waals surface area contributed by atoms with E-state index in [1.54, 1.807) is 6.92 Å². The first kappa shape index (κ1) is 14.8. The predicted molar refractivity (Wildman–Crippen MR) is 79.5 cm³/mol. The molecular weight excluding hydrogens is 266 g/mol. The molecule has 5 heteroatoms. The van der Waals surface area contributed by atoms with Crippen molar-refractivity contribution in [2.45, 2.75) is 19.9 Å². The van der Waals surface area contributed by atoms with Crippen molar-refractivity contribution in [1.29, 1.82) is 0 Å². The summed E-state index contributed by atoms with van der Waals surface area (Å²) in [6.07, 6.45) is 1.26.